The summed E-state index contributed by atoms with van der Waals surface area (Å²) in [5, 5.41) is 2.94. The fraction of sp³-hybridized carbons (Fsp3) is 1.00. The van der Waals surface area contributed by atoms with Crippen molar-refractivity contribution in [1.29, 1.82) is 0 Å². The molecule has 0 aromatic carbocycles. The number of rotatable bonds is 3. The van der Waals surface area contributed by atoms with Crippen molar-refractivity contribution in [2.75, 3.05) is 20.1 Å². The van der Waals surface area contributed by atoms with Gasteiger partial charge in [-0.05, 0) is 31.7 Å². The Kier molecular flexibility index (Phi) is 4.10. The highest BCUT2D eigenvalue weighted by molar-refractivity contribution is 7.89. The number of nitrogens with zero attached hydrogens (tertiary/aromatic N) is 1. The molecule has 1 heterocycles. The standard InChI is InChI=1S/C12H24N2O2S/c1-10-4-3-5-11(8-10)14(2)17(15,16)12-6-7-13-9-12/h10-13H,3-9H2,1-2H3. The van der Waals surface area contributed by atoms with Crippen LogP contribution >= 0.6 is 0 Å². The third kappa shape index (κ3) is 2.83. The van der Waals surface area contributed by atoms with E-state index in [4.69, 9.17) is 0 Å². The van der Waals surface area contributed by atoms with E-state index in [2.05, 4.69) is 12.2 Å². The number of hydrogen-bond donors (Lipinski definition) is 1. The highest BCUT2D eigenvalue weighted by Crippen LogP contribution is 2.29. The van der Waals surface area contributed by atoms with E-state index in [1.165, 1.54) is 6.42 Å². The van der Waals surface area contributed by atoms with E-state index in [0.717, 1.165) is 32.2 Å². The third-order valence-corrected chi connectivity index (χ3v) is 6.61. The molecule has 2 rings (SSSR count). The highest BCUT2D eigenvalue weighted by atomic mass is 32.2. The van der Waals surface area contributed by atoms with E-state index >= 15 is 0 Å². The van der Waals surface area contributed by atoms with Crippen molar-refractivity contribution >= 4 is 10.0 Å². The highest BCUT2D eigenvalue weighted by Gasteiger charge is 2.36. The van der Waals surface area contributed by atoms with E-state index in [0.29, 0.717) is 12.5 Å². The lowest BCUT2D eigenvalue weighted by atomic mass is 9.87. The SMILES string of the molecule is CC1CCCC(N(C)S(=O)(=O)C2CCNC2)C1. The molecule has 1 saturated carbocycles. The molecule has 0 bridgehead atoms. The van der Waals surface area contributed by atoms with Crippen molar-refractivity contribution in [2.24, 2.45) is 5.92 Å². The Labute approximate surface area is 105 Å². The molecule has 1 aliphatic carbocycles. The maximum Gasteiger partial charge on any atom is 0.218 e. The van der Waals surface area contributed by atoms with Crippen molar-refractivity contribution in [3.63, 3.8) is 0 Å². The fourth-order valence-corrected chi connectivity index (χ4v) is 4.88. The second-order valence-corrected chi connectivity index (χ2v) is 7.87. The largest absolute Gasteiger partial charge is 0.315 e. The van der Waals surface area contributed by atoms with Gasteiger partial charge in [0.05, 0.1) is 5.25 Å². The monoisotopic (exact) mass is 260 g/mol. The van der Waals surface area contributed by atoms with Gasteiger partial charge in [-0.25, -0.2) is 12.7 Å². The predicted octanol–water partition coefficient (Wildman–Crippen LogP) is 1.19. The normalized spacial score (nSPS) is 35.4. The molecule has 0 aromatic rings. The molecule has 17 heavy (non-hydrogen) atoms. The van der Waals surface area contributed by atoms with Gasteiger partial charge in [0.15, 0.2) is 0 Å². The predicted molar refractivity (Wildman–Crippen MR) is 69.4 cm³/mol. The van der Waals surface area contributed by atoms with Gasteiger partial charge in [0.2, 0.25) is 10.0 Å². The Morgan fingerprint density at radius 3 is 2.59 bits per heavy atom. The molecule has 0 amide bonds. The van der Waals surface area contributed by atoms with Crippen LogP contribution in [0.3, 0.4) is 0 Å². The summed E-state index contributed by atoms with van der Waals surface area (Å²) >= 11 is 0. The maximum atomic E-state index is 12.4. The summed E-state index contributed by atoms with van der Waals surface area (Å²) in [6, 6.07) is 0.226. The first-order chi connectivity index (χ1) is 8.01. The van der Waals surface area contributed by atoms with Gasteiger partial charge in [-0.2, -0.15) is 0 Å². The van der Waals surface area contributed by atoms with Crippen LogP contribution in [0, 0.1) is 5.92 Å². The summed E-state index contributed by atoms with van der Waals surface area (Å²) in [7, 11) is -1.32. The molecule has 1 N–H and O–H groups in total. The van der Waals surface area contributed by atoms with E-state index in [9.17, 15) is 8.42 Å². The summed E-state index contributed by atoms with van der Waals surface area (Å²) in [4.78, 5) is 0. The van der Waals surface area contributed by atoms with Crippen LogP contribution in [0.1, 0.15) is 39.0 Å². The third-order valence-electron chi connectivity index (χ3n) is 4.26. The van der Waals surface area contributed by atoms with Gasteiger partial charge in [0.1, 0.15) is 0 Å². The number of nitrogens with one attached hydrogen (secondary N) is 1. The minimum absolute atomic E-state index is 0.204. The molecule has 4 nitrogen and oxygen atoms in total. The van der Waals surface area contributed by atoms with Crippen LogP contribution in [0.2, 0.25) is 0 Å². The number of hydrogen-bond acceptors (Lipinski definition) is 3. The first kappa shape index (κ1) is 13.3. The van der Waals surface area contributed by atoms with E-state index < -0.39 is 10.0 Å². The molecule has 2 aliphatic rings. The Bertz CT molecular complexity index is 350. The summed E-state index contributed by atoms with van der Waals surface area (Å²) < 4.78 is 26.5. The van der Waals surface area contributed by atoms with Crippen molar-refractivity contribution < 1.29 is 8.42 Å². The number of sulfonamides is 1. The zero-order chi connectivity index (χ0) is 12.5. The second kappa shape index (κ2) is 5.24. The topological polar surface area (TPSA) is 49.4 Å². The first-order valence-corrected chi connectivity index (χ1v) is 8.19. The van der Waals surface area contributed by atoms with Crippen molar-refractivity contribution in [3.05, 3.63) is 0 Å². The second-order valence-electron chi connectivity index (χ2n) is 5.60. The molecular weight excluding hydrogens is 236 g/mol. The Balaban J connectivity index is 2.04. The summed E-state index contributed by atoms with van der Waals surface area (Å²) in [6.45, 7) is 3.68. The molecule has 0 aromatic heterocycles. The van der Waals surface area contributed by atoms with Crippen molar-refractivity contribution in [2.45, 2.75) is 50.3 Å². The lowest BCUT2D eigenvalue weighted by Crippen LogP contribution is -2.44. The maximum absolute atomic E-state index is 12.4. The minimum atomic E-state index is -3.09. The Morgan fingerprint density at radius 2 is 2.00 bits per heavy atom. The average Bonchev–Trinajstić information content (AvgIpc) is 2.82. The van der Waals surface area contributed by atoms with E-state index in [1.54, 1.807) is 11.4 Å². The van der Waals surface area contributed by atoms with Crippen LogP contribution in [0.5, 0.6) is 0 Å². The Morgan fingerprint density at radius 1 is 1.24 bits per heavy atom. The van der Waals surface area contributed by atoms with Crippen molar-refractivity contribution in [3.8, 4) is 0 Å². The lowest BCUT2D eigenvalue weighted by Gasteiger charge is -2.34. The molecule has 1 saturated heterocycles. The summed E-state index contributed by atoms with van der Waals surface area (Å²) in [5.74, 6) is 0.660. The van der Waals surface area contributed by atoms with Gasteiger partial charge in [-0.3, -0.25) is 0 Å². The lowest BCUT2D eigenvalue weighted by molar-refractivity contribution is 0.237. The van der Waals surface area contributed by atoms with Crippen LogP contribution in [-0.2, 0) is 10.0 Å². The average molecular weight is 260 g/mol. The molecule has 100 valence electrons. The van der Waals surface area contributed by atoms with Gasteiger partial charge in [0, 0.05) is 19.6 Å². The summed E-state index contributed by atoms with van der Waals surface area (Å²) in [5.41, 5.74) is 0. The zero-order valence-electron chi connectivity index (χ0n) is 10.9. The quantitative estimate of drug-likeness (QED) is 0.829. The molecule has 2 fully saturated rings. The van der Waals surface area contributed by atoms with Gasteiger partial charge < -0.3 is 5.32 Å². The van der Waals surface area contributed by atoms with Gasteiger partial charge in [0.25, 0.3) is 0 Å². The molecule has 3 unspecified atom stereocenters. The van der Waals surface area contributed by atoms with Crippen LogP contribution in [-0.4, -0.2) is 44.2 Å². The van der Waals surface area contributed by atoms with Gasteiger partial charge >= 0.3 is 0 Å². The van der Waals surface area contributed by atoms with E-state index in [1.807, 2.05) is 0 Å². The minimum Gasteiger partial charge on any atom is -0.315 e. The molecular formula is C12H24N2O2S. The zero-order valence-corrected chi connectivity index (χ0v) is 11.7. The van der Waals surface area contributed by atoms with E-state index in [-0.39, 0.29) is 11.3 Å². The van der Waals surface area contributed by atoms with Crippen LogP contribution < -0.4 is 5.32 Å². The van der Waals surface area contributed by atoms with Gasteiger partial charge in [-0.1, -0.05) is 19.8 Å². The summed E-state index contributed by atoms with van der Waals surface area (Å²) in [6.07, 6.45) is 5.22. The molecule has 5 heteroatoms. The first-order valence-electron chi connectivity index (χ1n) is 6.69. The van der Waals surface area contributed by atoms with Crippen LogP contribution in [0.4, 0.5) is 0 Å². The van der Waals surface area contributed by atoms with Crippen molar-refractivity contribution in [1.82, 2.24) is 9.62 Å². The Hall–Kier alpha value is -0.130. The molecule has 1 aliphatic heterocycles. The molecule has 0 spiro atoms. The smallest absolute Gasteiger partial charge is 0.218 e. The van der Waals surface area contributed by atoms with Gasteiger partial charge in [-0.15, -0.1) is 0 Å². The van der Waals surface area contributed by atoms with Crippen LogP contribution in [0.25, 0.3) is 0 Å². The van der Waals surface area contributed by atoms with Crippen LogP contribution in [0.15, 0.2) is 0 Å². The fourth-order valence-electron chi connectivity index (χ4n) is 3.06. The molecule has 3 atom stereocenters. The molecule has 0 radical (unpaired) electrons.